The van der Waals surface area contributed by atoms with Gasteiger partial charge in [0.1, 0.15) is 5.82 Å². The lowest BCUT2D eigenvalue weighted by molar-refractivity contribution is 0.469. The molecule has 2 rings (SSSR count). The van der Waals surface area contributed by atoms with E-state index in [9.17, 15) is 0 Å². The third kappa shape index (κ3) is 2.33. The quantitative estimate of drug-likeness (QED) is 0.885. The van der Waals surface area contributed by atoms with Crippen LogP contribution in [0.1, 0.15) is 26.3 Å². The first-order valence-corrected chi connectivity index (χ1v) is 6.38. The second-order valence-electron chi connectivity index (χ2n) is 4.20. The van der Waals surface area contributed by atoms with E-state index >= 15 is 0 Å². The Morgan fingerprint density at radius 2 is 2.31 bits per heavy atom. The van der Waals surface area contributed by atoms with E-state index in [1.54, 1.807) is 11.3 Å². The number of nitrogens with zero attached hydrogens (tertiary/aromatic N) is 2. The van der Waals surface area contributed by atoms with Gasteiger partial charge in [-0.3, -0.25) is 0 Å². The van der Waals surface area contributed by atoms with Crippen molar-refractivity contribution in [1.29, 1.82) is 0 Å². The molecule has 0 aromatic carbocycles. The minimum Gasteiger partial charge on any atom is -0.328 e. The van der Waals surface area contributed by atoms with E-state index in [1.165, 1.54) is 4.88 Å². The van der Waals surface area contributed by atoms with Gasteiger partial charge in [0.2, 0.25) is 0 Å². The number of nitrogens with two attached hydrogens (primary N) is 1. The van der Waals surface area contributed by atoms with Crippen molar-refractivity contribution in [2.45, 2.75) is 32.4 Å². The maximum Gasteiger partial charge on any atom is 0.150 e. The number of hydrogen-bond acceptors (Lipinski definition) is 3. The fourth-order valence-electron chi connectivity index (χ4n) is 1.92. The second-order valence-corrected chi connectivity index (χ2v) is 5.15. The van der Waals surface area contributed by atoms with Gasteiger partial charge in [0, 0.05) is 24.5 Å². The Bertz CT molecular complexity index is 431. The highest BCUT2D eigenvalue weighted by atomic mass is 32.1. The highest BCUT2D eigenvalue weighted by molar-refractivity contribution is 7.13. The van der Waals surface area contributed by atoms with E-state index in [0.29, 0.717) is 6.04 Å². The second kappa shape index (κ2) is 4.80. The molecule has 0 aliphatic rings. The number of rotatable bonds is 4. The molecule has 4 heteroatoms. The molecule has 0 aliphatic carbocycles. The first-order chi connectivity index (χ1) is 7.68. The molecule has 0 radical (unpaired) electrons. The topological polar surface area (TPSA) is 43.8 Å². The molecule has 16 heavy (non-hydrogen) atoms. The molecule has 2 unspecified atom stereocenters. The summed E-state index contributed by atoms with van der Waals surface area (Å²) in [5, 5.41) is 2.07. The number of hydrogen-bond donors (Lipinski definition) is 1. The summed E-state index contributed by atoms with van der Waals surface area (Å²) in [6.07, 6.45) is 4.85. The van der Waals surface area contributed by atoms with E-state index < -0.39 is 0 Å². The lowest BCUT2D eigenvalue weighted by Crippen LogP contribution is -2.20. The van der Waals surface area contributed by atoms with Crippen LogP contribution in [0, 0.1) is 0 Å². The Kier molecular flexibility index (Phi) is 3.41. The Morgan fingerprint density at radius 3 is 2.94 bits per heavy atom. The zero-order chi connectivity index (χ0) is 11.5. The van der Waals surface area contributed by atoms with Gasteiger partial charge in [0.25, 0.3) is 0 Å². The fraction of sp³-hybridized carbons (Fsp3) is 0.417. The summed E-state index contributed by atoms with van der Waals surface area (Å²) in [5.74, 6) is 1.04. The molecule has 0 saturated carbocycles. The van der Waals surface area contributed by atoms with Gasteiger partial charge in [0.15, 0.2) is 0 Å². The van der Waals surface area contributed by atoms with E-state index in [2.05, 4.69) is 34.0 Å². The van der Waals surface area contributed by atoms with E-state index in [-0.39, 0.29) is 6.04 Å². The molecule has 2 N–H and O–H groups in total. The highest BCUT2D eigenvalue weighted by Gasteiger charge is 2.13. The summed E-state index contributed by atoms with van der Waals surface area (Å²) in [5.41, 5.74) is 5.84. The predicted molar refractivity (Wildman–Crippen MR) is 68.5 cm³/mol. The predicted octanol–water partition coefficient (Wildman–Crippen LogP) is 2.91. The molecule has 2 aromatic heterocycles. The van der Waals surface area contributed by atoms with Crippen molar-refractivity contribution >= 4 is 11.3 Å². The highest BCUT2D eigenvalue weighted by Crippen LogP contribution is 2.26. The van der Waals surface area contributed by atoms with Crippen LogP contribution in [-0.2, 0) is 0 Å². The van der Waals surface area contributed by atoms with Crippen molar-refractivity contribution in [3.8, 4) is 10.7 Å². The van der Waals surface area contributed by atoms with E-state index in [1.807, 2.05) is 19.3 Å². The van der Waals surface area contributed by atoms with Gasteiger partial charge in [-0.15, -0.1) is 11.3 Å². The average molecular weight is 235 g/mol. The van der Waals surface area contributed by atoms with Gasteiger partial charge in [0.05, 0.1) is 4.88 Å². The molecule has 86 valence electrons. The Morgan fingerprint density at radius 1 is 1.50 bits per heavy atom. The van der Waals surface area contributed by atoms with Crippen LogP contribution in [0.15, 0.2) is 29.9 Å². The van der Waals surface area contributed by atoms with Crippen molar-refractivity contribution in [3.63, 3.8) is 0 Å². The van der Waals surface area contributed by atoms with Gasteiger partial charge in [-0.05, 0) is 31.7 Å². The lowest BCUT2D eigenvalue weighted by Gasteiger charge is -2.17. The summed E-state index contributed by atoms with van der Waals surface area (Å²) in [6, 6.07) is 4.75. The van der Waals surface area contributed by atoms with Crippen molar-refractivity contribution < 1.29 is 0 Å². The smallest absolute Gasteiger partial charge is 0.150 e. The third-order valence-corrected chi connectivity index (χ3v) is 3.46. The monoisotopic (exact) mass is 235 g/mol. The molecule has 3 nitrogen and oxygen atoms in total. The normalized spacial score (nSPS) is 14.9. The van der Waals surface area contributed by atoms with Crippen LogP contribution >= 0.6 is 11.3 Å². The zero-order valence-electron chi connectivity index (χ0n) is 9.63. The first kappa shape index (κ1) is 11.4. The van der Waals surface area contributed by atoms with Crippen LogP contribution < -0.4 is 5.73 Å². The molecule has 2 aromatic rings. The molecule has 0 spiro atoms. The largest absolute Gasteiger partial charge is 0.328 e. The van der Waals surface area contributed by atoms with Gasteiger partial charge < -0.3 is 10.3 Å². The third-order valence-electron chi connectivity index (χ3n) is 2.60. The molecule has 0 amide bonds. The van der Waals surface area contributed by atoms with E-state index in [4.69, 9.17) is 5.73 Å². The van der Waals surface area contributed by atoms with Gasteiger partial charge in [-0.2, -0.15) is 0 Å². The van der Waals surface area contributed by atoms with Crippen LogP contribution in [0.4, 0.5) is 0 Å². The summed E-state index contributed by atoms with van der Waals surface area (Å²) >= 11 is 1.72. The lowest BCUT2D eigenvalue weighted by atomic mass is 10.1. The summed E-state index contributed by atoms with van der Waals surface area (Å²) in [4.78, 5) is 5.63. The summed E-state index contributed by atoms with van der Waals surface area (Å²) in [7, 11) is 0. The molecule has 0 fully saturated rings. The Labute approximate surface area is 99.9 Å². The van der Waals surface area contributed by atoms with Gasteiger partial charge >= 0.3 is 0 Å². The van der Waals surface area contributed by atoms with Gasteiger partial charge in [-0.25, -0.2) is 4.98 Å². The standard InChI is InChI=1S/C12H17N3S/c1-9(13)8-10(2)15-6-5-14-12(15)11-4-3-7-16-11/h3-7,9-10H,8,13H2,1-2H3. The van der Waals surface area contributed by atoms with Crippen LogP contribution in [0.5, 0.6) is 0 Å². The number of aromatic nitrogens is 2. The first-order valence-electron chi connectivity index (χ1n) is 5.50. The summed E-state index contributed by atoms with van der Waals surface area (Å²) < 4.78 is 2.20. The number of imidazole rings is 1. The molecule has 2 heterocycles. The van der Waals surface area contributed by atoms with Crippen molar-refractivity contribution in [1.82, 2.24) is 9.55 Å². The van der Waals surface area contributed by atoms with Crippen molar-refractivity contribution in [2.24, 2.45) is 5.73 Å². The van der Waals surface area contributed by atoms with Crippen LogP contribution in [0.25, 0.3) is 10.7 Å². The van der Waals surface area contributed by atoms with Crippen molar-refractivity contribution in [3.05, 3.63) is 29.9 Å². The van der Waals surface area contributed by atoms with Gasteiger partial charge in [-0.1, -0.05) is 6.07 Å². The van der Waals surface area contributed by atoms with Crippen LogP contribution in [0.2, 0.25) is 0 Å². The molecule has 0 aliphatic heterocycles. The molecule has 0 saturated heterocycles. The molecular weight excluding hydrogens is 218 g/mol. The van der Waals surface area contributed by atoms with E-state index in [0.717, 1.165) is 12.2 Å². The Hall–Kier alpha value is -1.13. The Balaban J connectivity index is 2.26. The maximum absolute atomic E-state index is 5.84. The van der Waals surface area contributed by atoms with Crippen molar-refractivity contribution in [2.75, 3.05) is 0 Å². The minimum absolute atomic E-state index is 0.216. The maximum atomic E-state index is 5.84. The minimum atomic E-state index is 0.216. The molecule has 0 bridgehead atoms. The van der Waals surface area contributed by atoms with Crippen LogP contribution in [-0.4, -0.2) is 15.6 Å². The summed E-state index contributed by atoms with van der Waals surface area (Å²) in [6.45, 7) is 4.22. The average Bonchev–Trinajstić information content (AvgIpc) is 2.87. The van der Waals surface area contributed by atoms with Crippen LogP contribution in [0.3, 0.4) is 0 Å². The zero-order valence-corrected chi connectivity index (χ0v) is 10.4. The molecule has 2 atom stereocenters. The fourth-order valence-corrected chi connectivity index (χ4v) is 2.64. The SMILES string of the molecule is CC(N)CC(C)n1ccnc1-c1cccs1. The number of thiophene rings is 1. The molecular formula is C12H17N3S.